The van der Waals surface area contributed by atoms with Crippen LogP contribution in [0.4, 0.5) is 5.82 Å². The van der Waals surface area contributed by atoms with E-state index >= 15 is 0 Å². The number of aromatic nitrogens is 2. The maximum atomic E-state index is 12.7. The summed E-state index contributed by atoms with van der Waals surface area (Å²) in [7, 11) is 0. The van der Waals surface area contributed by atoms with E-state index in [0.717, 1.165) is 37.6 Å². The number of fused-ring (bicyclic) bond motifs is 1. The number of carbonyl (C=O) groups excluding carboxylic acids is 1. The van der Waals surface area contributed by atoms with Gasteiger partial charge >= 0.3 is 0 Å². The van der Waals surface area contributed by atoms with Gasteiger partial charge in [0.25, 0.3) is 5.56 Å². The Morgan fingerprint density at radius 3 is 2.88 bits per heavy atom. The van der Waals surface area contributed by atoms with Crippen molar-refractivity contribution in [2.75, 3.05) is 42.6 Å². The fourth-order valence-corrected chi connectivity index (χ4v) is 4.32. The Kier molecular flexibility index (Phi) is 4.18. The average Bonchev–Trinajstić information content (AvgIpc) is 3.12. The van der Waals surface area contributed by atoms with Gasteiger partial charge in [0.1, 0.15) is 11.5 Å². The summed E-state index contributed by atoms with van der Waals surface area (Å²) in [4.78, 5) is 33.5. The predicted molar refractivity (Wildman–Crippen MR) is 95.7 cm³/mol. The minimum absolute atomic E-state index is 0.0177. The van der Waals surface area contributed by atoms with Crippen LogP contribution < -0.4 is 10.5 Å². The topological polar surface area (TPSA) is 57.9 Å². The first-order valence-corrected chi connectivity index (χ1v) is 9.48. The number of thioether (sulfide) groups is 1. The molecule has 2 aliphatic heterocycles. The number of amides is 1. The van der Waals surface area contributed by atoms with Gasteiger partial charge in [0.2, 0.25) is 5.91 Å². The molecule has 0 spiro atoms. The molecule has 24 heavy (non-hydrogen) atoms. The van der Waals surface area contributed by atoms with Gasteiger partial charge in [-0.25, -0.2) is 4.98 Å². The third-order valence-electron chi connectivity index (χ3n) is 4.74. The quantitative estimate of drug-likeness (QED) is 0.816. The van der Waals surface area contributed by atoms with Crippen molar-refractivity contribution in [3.8, 4) is 0 Å². The molecule has 0 aliphatic carbocycles. The van der Waals surface area contributed by atoms with Crippen LogP contribution in [0, 0.1) is 5.92 Å². The monoisotopic (exact) mass is 344 g/mol. The summed E-state index contributed by atoms with van der Waals surface area (Å²) < 4.78 is 1.54. The molecule has 0 bridgehead atoms. The Hall–Kier alpha value is -2.02. The van der Waals surface area contributed by atoms with Gasteiger partial charge in [-0.15, -0.1) is 0 Å². The molecule has 0 aromatic carbocycles. The van der Waals surface area contributed by atoms with E-state index in [2.05, 4.69) is 9.88 Å². The van der Waals surface area contributed by atoms with Gasteiger partial charge in [0, 0.05) is 49.9 Å². The first-order valence-electron chi connectivity index (χ1n) is 8.32. The normalized spacial score (nSPS) is 21.4. The van der Waals surface area contributed by atoms with Gasteiger partial charge in [0.05, 0.1) is 5.92 Å². The highest BCUT2D eigenvalue weighted by molar-refractivity contribution is 7.99. The van der Waals surface area contributed by atoms with Crippen LogP contribution in [-0.2, 0) is 4.79 Å². The average molecular weight is 344 g/mol. The Morgan fingerprint density at radius 1 is 1.21 bits per heavy atom. The van der Waals surface area contributed by atoms with Crippen LogP contribution in [0.1, 0.15) is 6.42 Å². The molecular formula is C17H20N4O2S. The molecule has 0 radical (unpaired) electrons. The molecule has 1 atom stereocenters. The summed E-state index contributed by atoms with van der Waals surface area (Å²) in [5, 5.41) is 0. The Balaban J connectivity index is 1.52. The van der Waals surface area contributed by atoms with Gasteiger partial charge in [-0.05, 0) is 18.6 Å². The molecule has 4 heterocycles. The van der Waals surface area contributed by atoms with E-state index in [9.17, 15) is 9.59 Å². The number of nitrogens with zero attached hydrogens (tertiary/aromatic N) is 4. The van der Waals surface area contributed by atoms with Crippen LogP contribution in [0.25, 0.3) is 5.65 Å². The molecule has 7 heteroatoms. The van der Waals surface area contributed by atoms with Crippen molar-refractivity contribution < 1.29 is 4.79 Å². The van der Waals surface area contributed by atoms with Crippen molar-refractivity contribution in [1.82, 2.24) is 14.3 Å². The standard InChI is InChI=1S/C17H20N4O2S/c22-16-11-15(18-14-3-1-2-5-21(14)16)20-6-4-13(12-20)17(23)19-7-9-24-10-8-19/h1-3,5,11,13H,4,6-10,12H2. The molecular weight excluding hydrogens is 324 g/mol. The minimum Gasteiger partial charge on any atom is -0.356 e. The number of rotatable bonds is 2. The van der Waals surface area contributed by atoms with Crippen molar-refractivity contribution >= 4 is 29.1 Å². The maximum Gasteiger partial charge on any atom is 0.259 e. The molecule has 126 valence electrons. The van der Waals surface area contributed by atoms with E-state index < -0.39 is 0 Å². The number of pyridine rings is 1. The van der Waals surface area contributed by atoms with Crippen LogP contribution in [0.5, 0.6) is 0 Å². The van der Waals surface area contributed by atoms with E-state index in [0.29, 0.717) is 18.0 Å². The third-order valence-corrected chi connectivity index (χ3v) is 5.68. The Labute approximate surface area is 144 Å². The van der Waals surface area contributed by atoms with Crippen LogP contribution in [0.2, 0.25) is 0 Å². The second-order valence-electron chi connectivity index (χ2n) is 6.25. The highest BCUT2D eigenvalue weighted by atomic mass is 32.2. The second kappa shape index (κ2) is 6.47. The lowest BCUT2D eigenvalue weighted by Crippen LogP contribution is -2.42. The largest absolute Gasteiger partial charge is 0.356 e. The number of carbonyl (C=O) groups is 1. The van der Waals surface area contributed by atoms with Crippen LogP contribution in [-0.4, -0.2) is 57.9 Å². The molecule has 2 saturated heterocycles. The van der Waals surface area contributed by atoms with Crippen molar-refractivity contribution in [1.29, 1.82) is 0 Å². The Morgan fingerprint density at radius 2 is 2.04 bits per heavy atom. The highest BCUT2D eigenvalue weighted by Gasteiger charge is 2.32. The zero-order valence-corrected chi connectivity index (χ0v) is 14.2. The summed E-state index contributed by atoms with van der Waals surface area (Å²) in [6.07, 6.45) is 2.55. The number of hydrogen-bond donors (Lipinski definition) is 0. The molecule has 0 saturated carbocycles. The first-order chi connectivity index (χ1) is 11.7. The van der Waals surface area contributed by atoms with E-state index in [1.165, 1.54) is 4.40 Å². The molecule has 4 rings (SSSR count). The lowest BCUT2D eigenvalue weighted by atomic mass is 10.1. The molecule has 2 aliphatic rings. The van der Waals surface area contributed by atoms with Crippen molar-refractivity contribution in [2.24, 2.45) is 5.92 Å². The van der Waals surface area contributed by atoms with Gasteiger partial charge < -0.3 is 9.80 Å². The molecule has 2 aromatic rings. The van der Waals surface area contributed by atoms with Gasteiger partial charge in [-0.2, -0.15) is 11.8 Å². The van der Waals surface area contributed by atoms with Crippen LogP contribution in [0.3, 0.4) is 0 Å². The molecule has 1 amide bonds. The van der Waals surface area contributed by atoms with E-state index in [4.69, 9.17) is 0 Å². The molecule has 1 unspecified atom stereocenters. The molecule has 2 aromatic heterocycles. The zero-order chi connectivity index (χ0) is 16.5. The van der Waals surface area contributed by atoms with Crippen molar-refractivity contribution in [3.05, 3.63) is 40.8 Å². The van der Waals surface area contributed by atoms with Crippen molar-refractivity contribution in [2.45, 2.75) is 6.42 Å². The van der Waals surface area contributed by atoms with Gasteiger partial charge in [-0.1, -0.05) is 6.07 Å². The predicted octanol–water partition coefficient (Wildman–Crippen LogP) is 1.10. The number of hydrogen-bond acceptors (Lipinski definition) is 5. The fraction of sp³-hybridized carbons (Fsp3) is 0.471. The summed E-state index contributed by atoms with van der Waals surface area (Å²) in [5.41, 5.74) is 0.557. The van der Waals surface area contributed by atoms with E-state index in [1.807, 2.05) is 34.9 Å². The maximum absolute atomic E-state index is 12.7. The molecule has 0 N–H and O–H groups in total. The van der Waals surface area contributed by atoms with Crippen molar-refractivity contribution in [3.63, 3.8) is 0 Å². The van der Waals surface area contributed by atoms with Crippen LogP contribution in [0.15, 0.2) is 35.3 Å². The Bertz CT molecular complexity index is 816. The fourth-order valence-electron chi connectivity index (χ4n) is 3.42. The van der Waals surface area contributed by atoms with Crippen LogP contribution >= 0.6 is 11.8 Å². The summed E-state index contributed by atoms with van der Waals surface area (Å²) >= 11 is 1.91. The second-order valence-corrected chi connectivity index (χ2v) is 7.48. The van der Waals surface area contributed by atoms with E-state index in [1.54, 1.807) is 12.3 Å². The van der Waals surface area contributed by atoms with E-state index in [-0.39, 0.29) is 17.4 Å². The highest BCUT2D eigenvalue weighted by Crippen LogP contribution is 2.24. The summed E-state index contributed by atoms with van der Waals surface area (Å²) in [5.74, 6) is 3.02. The number of anilines is 1. The molecule has 6 nitrogen and oxygen atoms in total. The lowest BCUT2D eigenvalue weighted by molar-refractivity contribution is -0.134. The SMILES string of the molecule is O=C(C1CCN(c2cc(=O)n3ccccc3n2)C1)N1CCSCC1. The summed E-state index contributed by atoms with van der Waals surface area (Å²) in [6.45, 7) is 3.14. The van der Waals surface area contributed by atoms with Gasteiger partial charge in [-0.3, -0.25) is 14.0 Å². The smallest absolute Gasteiger partial charge is 0.259 e. The third kappa shape index (κ3) is 2.88. The lowest BCUT2D eigenvalue weighted by Gasteiger charge is -2.29. The molecule has 2 fully saturated rings. The van der Waals surface area contributed by atoms with Gasteiger partial charge in [0.15, 0.2) is 0 Å². The first kappa shape index (κ1) is 15.5. The minimum atomic E-state index is -0.0848. The summed E-state index contributed by atoms with van der Waals surface area (Å²) in [6, 6.07) is 7.08. The zero-order valence-electron chi connectivity index (χ0n) is 13.4.